The van der Waals surface area contributed by atoms with Crippen molar-refractivity contribution < 1.29 is 9.59 Å². The maximum absolute atomic E-state index is 12.4. The van der Waals surface area contributed by atoms with Crippen LogP contribution in [0.3, 0.4) is 0 Å². The van der Waals surface area contributed by atoms with Crippen LogP contribution in [0.15, 0.2) is 48.7 Å². The largest absolute Gasteiger partial charge is 0.360 e. The highest BCUT2D eigenvalue weighted by atomic mass is 16.2. The third-order valence-corrected chi connectivity index (χ3v) is 4.40. The summed E-state index contributed by atoms with van der Waals surface area (Å²) >= 11 is 0. The van der Waals surface area contributed by atoms with Gasteiger partial charge in [0.15, 0.2) is 0 Å². The first-order chi connectivity index (χ1) is 13.6. The van der Waals surface area contributed by atoms with Gasteiger partial charge in [0.05, 0.1) is 5.56 Å². The van der Waals surface area contributed by atoms with Gasteiger partial charge in [-0.1, -0.05) is 58.4 Å². The number of nitrogens with one attached hydrogen (secondary N) is 2. The molecule has 0 fully saturated rings. The Bertz CT molecular complexity index is 941. The van der Waals surface area contributed by atoms with Gasteiger partial charge in [0.25, 0.3) is 11.7 Å². The number of Topliss-reactive ketones (excluding diaryl/α,β-unsaturated/α-hetero) is 1. The number of carbonyl (C=O) groups is 2. The number of benzene rings is 2. The number of anilines is 1. The van der Waals surface area contributed by atoms with Crippen molar-refractivity contribution in [1.29, 1.82) is 0 Å². The second-order valence-corrected chi connectivity index (χ2v) is 6.58. The number of carbonyl (C=O) groups excluding carboxylic acids is 2. The molecular weight excluding hydrogens is 348 g/mol. The number of rotatable bonds is 3. The fourth-order valence-corrected chi connectivity index (χ4v) is 3.22. The summed E-state index contributed by atoms with van der Waals surface area (Å²) in [4.78, 5) is 27.7. The molecule has 0 spiro atoms. The molecule has 2 aromatic carbocycles. The second-order valence-electron chi connectivity index (χ2n) is 6.58. The average molecular weight is 379 g/mol. The molecule has 4 nitrogen and oxygen atoms in total. The number of amides is 1. The van der Waals surface area contributed by atoms with Crippen LogP contribution < -0.4 is 5.32 Å². The monoisotopic (exact) mass is 378 g/mol. The molecule has 0 radical (unpaired) electrons. The summed E-state index contributed by atoms with van der Waals surface area (Å²) in [6.45, 7) is 8.25. The van der Waals surface area contributed by atoms with Crippen LogP contribution in [-0.4, -0.2) is 16.7 Å². The van der Waals surface area contributed by atoms with Crippen molar-refractivity contribution in [2.75, 3.05) is 5.32 Å². The Kier molecular flexibility index (Phi) is 8.00. The van der Waals surface area contributed by atoms with Gasteiger partial charge in [0.2, 0.25) is 0 Å². The van der Waals surface area contributed by atoms with E-state index in [0.29, 0.717) is 11.3 Å². The molecule has 0 saturated carbocycles. The van der Waals surface area contributed by atoms with E-state index in [1.807, 2.05) is 56.3 Å². The van der Waals surface area contributed by atoms with Gasteiger partial charge in [-0.2, -0.15) is 0 Å². The molecule has 28 heavy (non-hydrogen) atoms. The molecule has 2 N–H and O–H groups in total. The minimum Gasteiger partial charge on any atom is -0.360 e. The maximum atomic E-state index is 12.4. The zero-order valence-electron chi connectivity index (χ0n) is 17.3. The first-order valence-corrected chi connectivity index (χ1v) is 10.2. The third-order valence-electron chi connectivity index (χ3n) is 4.40. The smallest absolute Gasteiger partial charge is 0.296 e. The number of hydrogen-bond donors (Lipinski definition) is 2. The lowest BCUT2D eigenvalue weighted by molar-refractivity contribution is -0.112. The zero-order valence-corrected chi connectivity index (χ0v) is 17.3. The molecule has 0 atom stereocenters. The van der Waals surface area contributed by atoms with Gasteiger partial charge in [-0.3, -0.25) is 9.59 Å². The molecule has 4 heteroatoms. The summed E-state index contributed by atoms with van der Waals surface area (Å²) in [6.07, 6.45) is 6.13. The normalized spacial score (nSPS) is 11.6. The molecule has 1 amide bonds. The number of fused-ring (bicyclic) bond motifs is 2. The van der Waals surface area contributed by atoms with E-state index < -0.39 is 11.7 Å². The van der Waals surface area contributed by atoms with Crippen LogP contribution in [0.1, 0.15) is 62.0 Å². The van der Waals surface area contributed by atoms with Gasteiger partial charge < -0.3 is 10.3 Å². The SMILES string of the molecule is CC.CCC.O=C(Nc1ccc2c(c1)CCC2)C(=O)c1c[nH]c2ccccc12. The number of hydrogen-bond acceptors (Lipinski definition) is 2. The van der Waals surface area contributed by atoms with Crippen molar-refractivity contribution in [2.45, 2.75) is 53.4 Å². The molecule has 1 aliphatic carbocycles. The van der Waals surface area contributed by atoms with E-state index in [1.54, 1.807) is 6.20 Å². The predicted octanol–water partition coefficient (Wildman–Crippen LogP) is 5.92. The number of ketones is 1. The Morgan fingerprint density at radius 1 is 1.00 bits per heavy atom. The maximum Gasteiger partial charge on any atom is 0.296 e. The first kappa shape index (κ1) is 21.4. The molecule has 148 valence electrons. The lowest BCUT2D eigenvalue weighted by atomic mass is 10.1. The predicted molar refractivity (Wildman–Crippen MR) is 117 cm³/mol. The molecule has 1 heterocycles. The highest BCUT2D eigenvalue weighted by Crippen LogP contribution is 2.25. The van der Waals surface area contributed by atoms with E-state index in [4.69, 9.17) is 0 Å². The standard InChI is InChI=1S/C19H16N2O2.C3H8.C2H6/c22-18(16-11-20-17-7-2-1-6-15(16)17)19(23)21-14-9-8-12-4-3-5-13(12)10-14;1-3-2;1-2/h1-2,6-11,20H,3-5H2,(H,21,23);3H2,1-2H3;1-2H3. The van der Waals surface area contributed by atoms with Gasteiger partial charge in [-0.25, -0.2) is 0 Å². The van der Waals surface area contributed by atoms with Crippen molar-refractivity contribution in [3.8, 4) is 0 Å². The molecule has 1 aromatic heterocycles. The number of aromatic nitrogens is 1. The fourth-order valence-electron chi connectivity index (χ4n) is 3.22. The van der Waals surface area contributed by atoms with Crippen molar-refractivity contribution >= 4 is 28.3 Å². The van der Waals surface area contributed by atoms with Crippen LogP contribution in [0.5, 0.6) is 0 Å². The van der Waals surface area contributed by atoms with Crippen LogP contribution >= 0.6 is 0 Å². The number of aryl methyl sites for hydroxylation is 2. The van der Waals surface area contributed by atoms with Crippen molar-refractivity contribution in [1.82, 2.24) is 4.98 Å². The van der Waals surface area contributed by atoms with E-state index in [9.17, 15) is 9.59 Å². The summed E-state index contributed by atoms with van der Waals surface area (Å²) in [5, 5.41) is 3.49. The van der Waals surface area contributed by atoms with Gasteiger partial charge in [0.1, 0.15) is 0 Å². The minimum atomic E-state index is -0.604. The van der Waals surface area contributed by atoms with E-state index in [1.165, 1.54) is 17.5 Å². The highest BCUT2D eigenvalue weighted by Gasteiger charge is 2.20. The summed E-state index contributed by atoms with van der Waals surface area (Å²) < 4.78 is 0. The molecule has 0 unspecified atom stereocenters. The number of H-pyrrole nitrogens is 1. The molecule has 0 saturated heterocycles. The summed E-state index contributed by atoms with van der Waals surface area (Å²) in [6, 6.07) is 13.3. The molecule has 0 aliphatic heterocycles. The minimum absolute atomic E-state index is 0.402. The summed E-state index contributed by atoms with van der Waals surface area (Å²) in [5.41, 5.74) is 4.54. The molecule has 0 bridgehead atoms. The van der Waals surface area contributed by atoms with Crippen LogP contribution in [0.2, 0.25) is 0 Å². The van der Waals surface area contributed by atoms with Crippen molar-refractivity contribution in [3.63, 3.8) is 0 Å². The number of aromatic amines is 1. The van der Waals surface area contributed by atoms with Gasteiger partial charge in [-0.05, 0) is 48.6 Å². The average Bonchev–Trinajstić information content (AvgIpc) is 3.36. The Labute approximate surface area is 167 Å². The van der Waals surface area contributed by atoms with Crippen LogP contribution in [-0.2, 0) is 17.6 Å². The van der Waals surface area contributed by atoms with E-state index in [2.05, 4.69) is 24.1 Å². The molecule has 4 rings (SSSR count). The van der Waals surface area contributed by atoms with Crippen LogP contribution in [0, 0.1) is 0 Å². The quantitative estimate of drug-likeness (QED) is 0.439. The lowest BCUT2D eigenvalue weighted by Gasteiger charge is -2.06. The Balaban J connectivity index is 0.000000514. The van der Waals surface area contributed by atoms with E-state index in [0.717, 1.165) is 30.2 Å². The summed E-state index contributed by atoms with van der Waals surface area (Å²) in [5.74, 6) is -1.13. The molecule has 1 aliphatic rings. The topological polar surface area (TPSA) is 62.0 Å². The van der Waals surface area contributed by atoms with Crippen molar-refractivity contribution in [3.05, 3.63) is 65.4 Å². The van der Waals surface area contributed by atoms with Gasteiger partial charge in [-0.15, -0.1) is 0 Å². The Morgan fingerprint density at radius 3 is 2.43 bits per heavy atom. The third kappa shape index (κ3) is 4.89. The van der Waals surface area contributed by atoms with Gasteiger partial charge >= 0.3 is 0 Å². The number of para-hydroxylation sites is 1. The molecular formula is C24H30N2O2. The Hall–Kier alpha value is -2.88. The zero-order chi connectivity index (χ0) is 20.5. The van der Waals surface area contributed by atoms with E-state index in [-0.39, 0.29) is 0 Å². The highest BCUT2D eigenvalue weighted by molar-refractivity contribution is 6.48. The Morgan fingerprint density at radius 2 is 1.68 bits per heavy atom. The summed E-state index contributed by atoms with van der Waals surface area (Å²) in [7, 11) is 0. The first-order valence-electron chi connectivity index (χ1n) is 10.2. The molecule has 3 aromatic rings. The van der Waals surface area contributed by atoms with E-state index >= 15 is 0 Å². The lowest BCUT2D eigenvalue weighted by Crippen LogP contribution is -2.22. The second kappa shape index (κ2) is 10.5. The van der Waals surface area contributed by atoms with Crippen molar-refractivity contribution in [2.24, 2.45) is 0 Å². The van der Waals surface area contributed by atoms with Crippen LogP contribution in [0.4, 0.5) is 5.69 Å². The van der Waals surface area contributed by atoms with Crippen LogP contribution in [0.25, 0.3) is 10.9 Å². The fraction of sp³-hybridized carbons (Fsp3) is 0.333. The van der Waals surface area contributed by atoms with Gasteiger partial charge in [0, 0.05) is 22.8 Å².